The third-order valence-corrected chi connectivity index (χ3v) is 4.82. The maximum atomic E-state index is 12.7. The highest BCUT2D eigenvalue weighted by Crippen LogP contribution is 2.10. The van der Waals surface area contributed by atoms with Crippen LogP contribution in [0, 0.1) is 5.92 Å². The molecule has 0 aromatic carbocycles. The van der Waals surface area contributed by atoms with Gasteiger partial charge in [-0.2, -0.15) is 0 Å². The number of carboxylic acids is 3. The van der Waals surface area contributed by atoms with Crippen LogP contribution in [0.15, 0.2) is 0 Å². The number of nitrogens with two attached hydrogens (primary N) is 2. The van der Waals surface area contributed by atoms with Crippen LogP contribution in [0.2, 0.25) is 0 Å². The van der Waals surface area contributed by atoms with Crippen LogP contribution >= 0.6 is 0 Å². The van der Waals surface area contributed by atoms with Crippen molar-refractivity contribution in [2.75, 3.05) is 0 Å². The van der Waals surface area contributed by atoms with Gasteiger partial charge < -0.3 is 42.7 Å². The summed E-state index contributed by atoms with van der Waals surface area (Å²) in [5.41, 5.74) is 10.5. The van der Waals surface area contributed by atoms with E-state index < -0.39 is 97.3 Å². The van der Waals surface area contributed by atoms with Crippen molar-refractivity contribution in [2.45, 2.75) is 70.1 Å². The fourth-order valence-electron chi connectivity index (χ4n) is 2.71. The van der Waals surface area contributed by atoms with Crippen LogP contribution in [-0.4, -0.2) is 81.0 Å². The van der Waals surface area contributed by atoms with Gasteiger partial charge in [0.2, 0.25) is 23.6 Å². The highest BCUT2D eigenvalue weighted by Gasteiger charge is 2.33. The molecule has 0 aromatic rings. The Morgan fingerprint density at radius 3 is 1.79 bits per heavy atom. The van der Waals surface area contributed by atoms with E-state index in [9.17, 15) is 38.7 Å². The highest BCUT2D eigenvalue weighted by atomic mass is 16.4. The second-order valence-corrected chi connectivity index (χ2v) is 7.64. The summed E-state index contributed by atoms with van der Waals surface area (Å²) in [6.45, 7) is 3.24. The van der Waals surface area contributed by atoms with Gasteiger partial charge in [-0.1, -0.05) is 20.3 Å². The molecule has 15 nitrogen and oxygen atoms in total. The van der Waals surface area contributed by atoms with Gasteiger partial charge in [0.05, 0.1) is 18.9 Å². The van der Waals surface area contributed by atoms with E-state index in [1.54, 1.807) is 13.8 Å². The summed E-state index contributed by atoms with van der Waals surface area (Å²) in [6.07, 6.45) is -2.04. The van der Waals surface area contributed by atoms with Gasteiger partial charge in [0.1, 0.15) is 18.1 Å². The topological polar surface area (TPSA) is 268 Å². The van der Waals surface area contributed by atoms with Crippen LogP contribution in [0.4, 0.5) is 0 Å². The standard InChI is InChI=1S/C19H31N5O10/c1-3-8(2)15(18(32)22-10(19(33)34)4-5-13(26)27)24-17(31)11(7-14(28)29)23-16(30)9(20)6-12(21)25/h8-11,15H,3-7,20H2,1-2H3,(H2,21,25)(H,22,32)(H,23,30)(H,24,31)(H,26,27)(H,28,29)(H,33,34). The average Bonchev–Trinajstić information content (AvgIpc) is 2.72. The van der Waals surface area contributed by atoms with E-state index in [1.165, 1.54) is 0 Å². The Morgan fingerprint density at radius 2 is 1.35 bits per heavy atom. The first-order valence-electron chi connectivity index (χ1n) is 10.3. The molecule has 0 rings (SSSR count). The summed E-state index contributed by atoms with van der Waals surface area (Å²) in [7, 11) is 0. The number of primary amides is 1. The quantitative estimate of drug-likeness (QED) is 0.109. The average molecular weight is 489 g/mol. The number of hydrogen-bond donors (Lipinski definition) is 8. The van der Waals surface area contributed by atoms with E-state index in [2.05, 4.69) is 16.0 Å². The molecule has 0 aromatic heterocycles. The number of nitrogens with one attached hydrogen (secondary N) is 3. The summed E-state index contributed by atoms with van der Waals surface area (Å²) in [5, 5.41) is 33.6. The Morgan fingerprint density at radius 1 is 0.794 bits per heavy atom. The summed E-state index contributed by atoms with van der Waals surface area (Å²) in [5.74, 6) is -8.71. The summed E-state index contributed by atoms with van der Waals surface area (Å²) in [6, 6.07) is -6.00. The van der Waals surface area contributed by atoms with Crippen molar-refractivity contribution in [3.05, 3.63) is 0 Å². The van der Waals surface area contributed by atoms with Gasteiger partial charge in [-0.25, -0.2) is 4.79 Å². The van der Waals surface area contributed by atoms with Gasteiger partial charge in [0, 0.05) is 6.42 Å². The second-order valence-electron chi connectivity index (χ2n) is 7.64. The van der Waals surface area contributed by atoms with E-state index >= 15 is 0 Å². The maximum absolute atomic E-state index is 12.7. The number of carbonyl (C=O) groups excluding carboxylic acids is 4. The molecule has 4 amide bonds. The van der Waals surface area contributed by atoms with Gasteiger partial charge in [-0.05, 0) is 12.3 Å². The minimum atomic E-state index is -1.68. The lowest BCUT2D eigenvalue weighted by Crippen LogP contribution is -2.59. The molecular formula is C19H31N5O10. The molecule has 5 unspecified atom stereocenters. The fraction of sp³-hybridized carbons (Fsp3) is 0.632. The monoisotopic (exact) mass is 489 g/mol. The smallest absolute Gasteiger partial charge is 0.326 e. The van der Waals surface area contributed by atoms with Gasteiger partial charge >= 0.3 is 17.9 Å². The van der Waals surface area contributed by atoms with E-state index in [0.717, 1.165) is 0 Å². The zero-order valence-electron chi connectivity index (χ0n) is 18.8. The lowest BCUT2D eigenvalue weighted by Gasteiger charge is -2.27. The van der Waals surface area contributed by atoms with Crippen LogP contribution in [0.3, 0.4) is 0 Å². The van der Waals surface area contributed by atoms with E-state index in [0.29, 0.717) is 6.42 Å². The second kappa shape index (κ2) is 14.4. The van der Waals surface area contributed by atoms with Crippen molar-refractivity contribution in [3.8, 4) is 0 Å². The largest absolute Gasteiger partial charge is 0.481 e. The molecule has 0 bridgehead atoms. The van der Waals surface area contributed by atoms with Crippen LogP contribution in [0.25, 0.3) is 0 Å². The Hall–Kier alpha value is -3.75. The van der Waals surface area contributed by atoms with Crippen LogP contribution in [-0.2, 0) is 33.6 Å². The molecule has 192 valence electrons. The van der Waals surface area contributed by atoms with Gasteiger partial charge in [-0.3, -0.25) is 28.8 Å². The molecule has 0 heterocycles. The Bertz CT molecular complexity index is 802. The van der Waals surface area contributed by atoms with Crippen molar-refractivity contribution >= 4 is 41.5 Å². The van der Waals surface area contributed by atoms with Crippen molar-refractivity contribution < 1.29 is 48.9 Å². The predicted molar refractivity (Wildman–Crippen MR) is 114 cm³/mol. The summed E-state index contributed by atoms with van der Waals surface area (Å²) in [4.78, 5) is 81.8. The number of hydrogen-bond acceptors (Lipinski definition) is 8. The van der Waals surface area contributed by atoms with Gasteiger partial charge in [0.25, 0.3) is 0 Å². The molecule has 15 heteroatoms. The lowest BCUT2D eigenvalue weighted by molar-refractivity contribution is -0.144. The fourth-order valence-corrected chi connectivity index (χ4v) is 2.71. The summed E-state index contributed by atoms with van der Waals surface area (Å²) < 4.78 is 0. The first-order valence-corrected chi connectivity index (χ1v) is 10.3. The van der Waals surface area contributed by atoms with Gasteiger partial charge in [-0.15, -0.1) is 0 Å². The lowest BCUT2D eigenvalue weighted by atomic mass is 9.97. The molecule has 0 spiro atoms. The molecule has 0 radical (unpaired) electrons. The number of aliphatic carboxylic acids is 3. The molecule has 0 fully saturated rings. The Balaban J connectivity index is 5.59. The minimum Gasteiger partial charge on any atom is -0.481 e. The third kappa shape index (κ3) is 11.2. The molecule has 0 saturated carbocycles. The maximum Gasteiger partial charge on any atom is 0.326 e. The Kier molecular flexibility index (Phi) is 12.8. The molecule has 10 N–H and O–H groups in total. The van der Waals surface area contributed by atoms with Crippen molar-refractivity contribution in [1.29, 1.82) is 0 Å². The van der Waals surface area contributed by atoms with Crippen LogP contribution in [0.5, 0.6) is 0 Å². The van der Waals surface area contributed by atoms with E-state index in [1.807, 2.05) is 0 Å². The molecule has 0 aliphatic carbocycles. The number of amides is 4. The SMILES string of the molecule is CCC(C)C(NC(=O)C(CC(=O)O)NC(=O)C(N)CC(N)=O)C(=O)NC(CCC(=O)O)C(=O)O. The van der Waals surface area contributed by atoms with Crippen molar-refractivity contribution in [2.24, 2.45) is 17.4 Å². The molecule has 34 heavy (non-hydrogen) atoms. The van der Waals surface area contributed by atoms with Crippen molar-refractivity contribution in [3.63, 3.8) is 0 Å². The third-order valence-electron chi connectivity index (χ3n) is 4.82. The van der Waals surface area contributed by atoms with Crippen LogP contribution < -0.4 is 27.4 Å². The minimum absolute atomic E-state index is 0.338. The molecule has 0 saturated heterocycles. The Labute approximate surface area is 194 Å². The zero-order chi connectivity index (χ0) is 26.6. The first-order chi connectivity index (χ1) is 15.7. The predicted octanol–water partition coefficient (Wildman–Crippen LogP) is -2.89. The van der Waals surface area contributed by atoms with Crippen molar-refractivity contribution in [1.82, 2.24) is 16.0 Å². The molecule has 0 aliphatic rings. The van der Waals surface area contributed by atoms with Gasteiger partial charge in [0.15, 0.2) is 0 Å². The normalized spacial score (nSPS) is 15.0. The summed E-state index contributed by atoms with van der Waals surface area (Å²) >= 11 is 0. The highest BCUT2D eigenvalue weighted by molar-refractivity contribution is 5.96. The van der Waals surface area contributed by atoms with E-state index in [-0.39, 0.29) is 0 Å². The number of carboxylic acid groups (broad SMARTS) is 3. The number of rotatable bonds is 16. The molecule has 0 aliphatic heterocycles. The molecule has 5 atom stereocenters. The molecular weight excluding hydrogens is 458 g/mol. The van der Waals surface area contributed by atoms with Crippen LogP contribution in [0.1, 0.15) is 46.0 Å². The number of carbonyl (C=O) groups is 7. The first kappa shape index (κ1) is 30.2. The zero-order valence-corrected chi connectivity index (χ0v) is 18.8. The van der Waals surface area contributed by atoms with E-state index in [4.69, 9.17) is 21.7 Å².